The minimum absolute atomic E-state index is 0. The zero-order valence-corrected chi connectivity index (χ0v) is 16.1. The summed E-state index contributed by atoms with van der Waals surface area (Å²) in [6.45, 7) is 0.156. The largest absolute Gasteiger partial charge is 0.384 e. The van der Waals surface area contributed by atoms with Gasteiger partial charge in [-0.25, -0.2) is 13.4 Å². The summed E-state index contributed by atoms with van der Waals surface area (Å²) in [6.07, 6.45) is 2.23. The number of nitrogens with one attached hydrogen (secondary N) is 1. The van der Waals surface area contributed by atoms with Crippen molar-refractivity contribution in [1.82, 2.24) is 9.29 Å². The van der Waals surface area contributed by atoms with E-state index in [9.17, 15) is 23.3 Å². The molecule has 0 radical (unpaired) electrons. The second kappa shape index (κ2) is 8.50. The van der Waals surface area contributed by atoms with E-state index in [0.717, 1.165) is 10.4 Å². The second-order valence-electron chi connectivity index (χ2n) is 5.99. The Labute approximate surface area is 167 Å². The van der Waals surface area contributed by atoms with Crippen LogP contribution in [0.2, 0.25) is 0 Å². The summed E-state index contributed by atoms with van der Waals surface area (Å²) in [7, 11) is -4.06. The summed E-state index contributed by atoms with van der Waals surface area (Å²) < 4.78 is 26.9. The van der Waals surface area contributed by atoms with Gasteiger partial charge in [-0.05, 0) is 31.0 Å². The predicted octanol–water partition coefficient (Wildman–Crippen LogP) is 1.79. The molecule has 0 aliphatic carbocycles. The van der Waals surface area contributed by atoms with E-state index in [1.807, 2.05) is 0 Å². The molecule has 3 N–H and O–H groups in total. The fourth-order valence-electron chi connectivity index (χ4n) is 2.89. The van der Waals surface area contributed by atoms with Crippen LogP contribution in [0.4, 0.5) is 17.2 Å². The third-order valence-corrected chi connectivity index (χ3v) is 6.10. The standard InChI is InChI=1S/C16H17N5O5S.ClH/c17-15-7-6-11(10-18-15)19-16(22)14-5-2-8-20(14)27(25,26)13-4-1-3-12(9-13)21(23)24;/h1,3-4,6-7,9-10,14H,2,5,8H2,(H2,17,18)(H,19,22);1H. The molecule has 28 heavy (non-hydrogen) atoms. The maximum atomic E-state index is 12.9. The Hall–Kier alpha value is -2.76. The highest BCUT2D eigenvalue weighted by Crippen LogP contribution is 2.28. The Balaban J connectivity index is 0.00000280. The molecule has 1 amide bonds. The summed E-state index contributed by atoms with van der Waals surface area (Å²) in [5.41, 5.74) is 5.56. The number of nitrogens with zero attached hydrogens (tertiary/aromatic N) is 3. The van der Waals surface area contributed by atoms with Crippen molar-refractivity contribution in [2.75, 3.05) is 17.6 Å². The highest BCUT2D eigenvalue weighted by Gasteiger charge is 2.39. The van der Waals surface area contributed by atoms with Gasteiger partial charge in [-0.1, -0.05) is 6.07 Å². The van der Waals surface area contributed by atoms with Gasteiger partial charge >= 0.3 is 0 Å². The Morgan fingerprint density at radius 2 is 2.07 bits per heavy atom. The zero-order chi connectivity index (χ0) is 19.6. The summed E-state index contributed by atoms with van der Waals surface area (Å²) >= 11 is 0. The lowest BCUT2D eigenvalue weighted by Crippen LogP contribution is -2.43. The van der Waals surface area contributed by atoms with Gasteiger partial charge in [0, 0.05) is 18.7 Å². The van der Waals surface area contributed by atoms with Crippen LogP contribution in [0.5, 0.6) is 0 Å². The number of nitro groups is 1. The number of anilines is 2. The molecule has 1 saturated heterocycles. The maximum absolute atomic E-state index is 12.9. The van der Waals surface area contributed by atoms with E-state index in [4.69, 9.17) is 5.73 Å². The summed E-state index contributed by atoms with van der Waals surface area (Å²) in [5, 5.41) is 13.5. The number of non-ortho nitro benzene ring substituents is 1. The van der Waals surface area contributed by atoms with Crippen LogP contribution in [0.1, 0.15) is 12.8 Å². The van der Waals surface area contributed by atoms with Crippen molar-refractivity contribution < 1.29 is 18.1 Å². The normalized spacial score (nSPS) is 16.9. The number of nitro benzene ring substituents is 1. The van der Waals surface area contributed by atoms with Crippen LogP contribution in [-0.4, -0.2) is 41.1 Å². The number of hydrogen-bond acceptors (Lipinski definition) is 7. The fraction of sp³-hybridized carbons (Fsp3) is 0.250. The maximum Gasteiger partial charge on any atom is 0.270 e. The zero-order valence-electron chi connectivity index (χ0n) is 14.5. The lowest BCUT2D eigenvalue weighted by Gasteiger charge is -2.23. The Bertz CT molecular complexity index is 983. The summed E-state index contributed by atoms with van der Waals surface area (Å²) in [5.74, 6) is -0.197. The van der Waals surface area contributed by atoms with Crippen molar-refractivity contribution in [2.45, 2.75) is 23.8 Å². The highest BCUT2D eigenvalue weighted by atomic mass is 35.5. The first-order valence-electron chi connectivity index (χ1n) is 8.08. The van der Waals surface area contributed by atoms with Crippen LogP contribution in [0.3, 0.4) is 0 Å². The minimum Gasteiger partial charge on any atom is -0.384 e. The monoisotopic (exact) mass is 427 g/mol. The van der Waals surface area contributed by atoms with Crippen LogP contribution in [0.25, 0.3) is 0 Å². The van der Waals surface area contributed by atoms with Gasteiger partial charge in [-0.15, -0.1) is 12.4 Å². The minimum atomic E-state index is -4.06. The third-order valence-electron chi connectivity index (χ3n) is 4.20. The van der Waals surface area contributed by atoms with E-state index in [-0.39, 0.29) is 29.5 Å². The van der Waals surface area contributed by atoms with Gasteiger partial charge in [0.05, 0.1) is 21.7 Å². The first-order chi connectivity index (χ1) is 12.8. The van der Waals surface area contributed by atoms with Gasteiger partial charge in [-0.3, -0.25) is 14.9 Å². The molecular formula is C16H18ClN5O5S. The number of carbonyl (C=O) groups is 1. The molecule has 150 valence electrons. The number of amides is 1. The molecule has 1 aromatic heterocycles. The molecule has 10 nitrogen and oxygen atoms in total. The second-order valence-corrected chi connectivity index (χ2v) is 7.88. The molecule has 1 aliphatic rings. The predicted molar refractivity (Wildman–Crippen MR) is 105 cm³/mol. The van der Waals surface area contributed by atoms with Crippen LogP contribution >= 0.6 is 12.4 Å². The van der Waals surface area contributed by atoms with Crippen LogP contribution in [0.15, 0.2) is 47.5 Å². The van der Waals surface area contributed by atoms with E-state index in [2.05, 4.69) is 10.3 Å². The van der Waals surface area contributed by atoms with Crippen LogP contribution in [0, 0.1) is 10.1 Å². The molecule has 1 unspecified atom stereocenters. The molecule has 2 aromatic rings. The van der Waals surface area contributed by atoms with E-state index in [1.165, 1.54) is 30.5 Å². The topological polar surface area (TPSA) is 149 Å². The van der Waals surface area contributed by atoms with Crippen molar-refractivity contribution in [3.63, 3.8) is 0 Å². The van der Waals surface area contributed by atoms with E-state index in [1.54, 1.807) is 6.07 Å². The van der Waals surface area contributed by atoms with E-state index in [0.29, 0.717) is 24.3 Å². The third kappa shape index (κ3) is 4.38. The van der Waals surface area contributed by atoms with Gasteiger partial charge in [0.2, 0.25) is 15.9 Å². The smallest absolute Gasteiger partial charge is 0.270 e. The number of rotatable bonds is 5. The highest BCUT2D eigenvalue weighted by molar-refractivity contribution is 7.89. The molecular weight excluding hydrogens is 410 g/mol. The fourth-order valence-corrected chi connectivity index (χ4v) is 4.58. The van der Waals surface area contributed by atoms with Gasteiger partial charge < -0.3 is 11.1 Å². The number of halogens is 1. The summed E-state index contributed by atoms with van der Waals surface area (Å²) in [4.78, 5) is 26.5. The number of sulfonamides is 1. The molecule has 0 bridgehead atoms. The van der Waals surface area contributed by atoms with Crippen molar-refractivity contribution in [1.29, 1.82) is 0 Å². The van der Waals surface area contributed by atoms with E-state index < -0.39 is 26.9 Å². The quantitative estimate of drug-likeness (QED) is 0.545. The molecule has 0 saturated carbocycles. The van der Waals surface area contributed by atoms with Crippen LogP contribution in [-0.2, 0) is 14.8 Å². The number of nitrogens with two attached hydrogens (primary N) is 1. The molecule has 1 aliphatic heterocycles. The van der Waals surface area contributed by atoms with Crippen molar-refractivity contribution in [3.8, 4) is 0 Å². The summed E-state index contributed by atoms with van der Waals surface area (Å²) in [6, 6.07) is 6.95. The first kappa shape index (κ1) is 21.5. The van der Waals surface area contributed by atoms with Crippen LogP contribution < -0.4 is 11.1 Å². The van der Waals surface area contributed by atoms with E-state index >= 15 is 0 Å². The first-order valence-corrected chi connectivity index (χ1v) is 9.52. The molecule has 0 spiro atoms. The van der Waals surface area contributed by atoms with Crippen molar-refractivity contribution >= 4 is 45.5 Å². The van der Waals surface area contributed by atoms with Gasteiger partial charge in [-0.2, -0.15) is 4.31 Å². The number of carbonyl (C=O) groups excluding carboxylic acids is 1. The number of aromatic nitrogens is 1. The number of nitrogen functional groups attached to an aromatic ring is 1. The number of hydrogen-bond donors (Lipinski definition) is 2. The SMILES string of the molecule is Cl.Nc1ccc(NC(=O)C2CCCN2S(=O)(=O)c2cccc([N+](=O)[O-])c2)cn1. The molecule has 1 aromatic carbocycles. The molecule has 3 rings (SSSR count). The Morgan fingerprint density at radius 1 is 1.32 bits per heavy atom. The Morgan fingerprint density at radius 3 is 2.71 bits per heavy atom. The van der Waals surface area contributed by atoms with Gasteiger partial charge in [0.25, 0.3) is 5.69 Å². The number of benzene rings is 1. The van der Waals surface area contributed by atoms with Gasteiger partial charge in [0.1, 0.15) is 11.9 Å². The average Bonchev–Trinajstić information content (AvgIpc) is 3.14. The lowest BCUT2D eigenvalue weighted by molar-refractivity contribution is -0.385. The van der Waals surface area contributed by atoms with Gasteiger partial charge in [0.15, 0.2) is 0 Å². The molecule has 2 heterocycles. The van der Waals surface area contributed by atoms with Crippen molar-refractivity contribution in [3.05, 3.63) is 52.7 Å². The molecule has 1 fully saturated rings. The lowest BCUT2D eigenvalue weighted by atomic mass is 10.2. The molecule has 1 atom stereocenters. The molecule has 12 heteroatoms. The number of pyridine rings is 1. The Kier molecular flexibility index (Phi) is 6.54. The average molecular weight is 428 g/mol. The van der Waals surface area contributed by atoms with Crippen molar-refractivity contribution in [2.24, 2.45) is 0 Å².